The normalized spacial score (nSPS) is 12.3. The molecule has 0 amide bonds. The van der Waals surface area contributed by atoms with Crippen molar-refractivity contribution in [2.45, 2.75) is 19.4 Å². The van der Waals surface area contributed by atoms with Crippen molar-refractivity contribution in [2.75, 3.05) is 0 Å². The number of benzene rings is 2. The summed E-state index contributed by atoms with van der Waals surface area (Å²) in [7, 11) is 0. The molecule has 29 heavy (non-hydrogen) atoms. The van der Waals surface area contributed by atoms with E-state index in [-0.39, 0.29) is 6.04 Å². The number of fused-ring (bicyclic) bond motifs is 2. The highest BCUT2D eigenvalue weighted by Gasteiger charge is 2.19. The molecule has 140 valence electrons. The van der Waals surface area contributed by atoms with Gasteiger partial charge < -0.3 is 4.57 Å². The number of aromatic nitrogens is 6. The lowest BCUT2D eigenvalue weighted by molar-refractivity contribution is 0.622. The maximum atomic E-state index is 9.36. The van der Waals surface area contributed by atoms with Crippen LogP contribution in [0.4, 0.5) is 0 Å². The standard InChI is InChI=1S/C22H17N7/c1-15(17-6-3-2-4-7-17)29-19-12-16(14-23)8-9-18(19)25-21(29)13-20-26-22-24-10-5-11-28(22)27-20/h2-12,15H,13H2,1H3/t15-/m0/s1. The van der Waals surface area contributed by atoms with Crippen molar-refractivity contribution in [3.8, 4) is 6.07 Å². The molecule has 7 nitrogen and oxygen atoms in total. The summed E-state index contributed by atoms with van der Waals surface area (Å²) in [5, 5.41) is 13.9. The fourth-order valence-corrected chi connectivity index (χ4v) is 3.64. The van der Waals surface area contributed by atoms with E-state index < -0.39 is 0 Å². The number of nitriles is 1. The second kappa shape index (κ2) is 6.84. The van der Waals surface area contributed by atoms with Gasteiger partial charge in [-0.2, -0.15) is 10.2 Å². The first-order valence-electron chi connectivity index (χ1n) is 9.35. The molecule has 5 rings (SSSR count). The highest BCUT2D eigenvalue weighted by Crippen LogP contribution is 2.27. The molecule has 0 saturated heterocycles. The predicted molar refractivity (Wildman–Crippen MR) is 108 cm³/mol. The first-order valence-corrected chi connectivity index (χ1v) is 9.35. The van der Waals surface area contributed by atoms with Gasteiger partial charge in [0.05, 0.1) is 35.1 Å². The van der Waals surface area contributed by atoms with Crippen LogP contribution in [0, 0.1) is 11.3 Å². The lowest BCUT2D eigenvalue weighted by Crippen LogP contribution is -2.12. The third-order valence-corrected chi connectivity index (χ3v) is 5.04. The van der Waals surface area contributed by atoms with Crippen LogP contribution in [-0.4, -0.2) is 29.1 Å². The molecular weight excluding hydrogens is 362 g/mol. The predicted octanol–water partition coefficient (Wildman–Crippen LogP) is 3.55. The Morgan fingerprint density at radius 1 is 1.07 bits per heavy atom. The van der Waals surface area contributed by atoms with Crippen LogP contribution in [-0.2, 0) is 6.42 Å². The molecule has 0 bridgehead atoms. The molecule has 3 aromatic heterocycles. The van der Waals surface area contributed by atoms with Gasteiger partial charge in [-0.3, -0.25) is 0 Å². The van der Waals surface area contributed by atoms with E-state index in [1.165, 1.54) is 5.56 Å². The summed E-state index contributed by atoms with van der Waals surface area (Å²) in [4.78, 5) is 13.6. The Kier molecular flexibility index (Phi) is 4.03. The average molecular weight is 379 g/mol. The molecule has 2 aromatic carbocycles. The zero-order valence-corrected chi connectivity index (χ0v) is 15.8. The van der Waals surface area contributed by atoms with Gasteiger partial charge in [0.25, 0.3) is 5.78 Å². The van der Waals surface area contributed by atoms with Crippen molar-refractivity contribution < 1.29 is 0 Å². The van der Waals surface area contributed by atoms with E-state index in [4.69, 9.17) is 4.98 Å². The summed E-state index contributed by atoms with van der Waals surface area (Å²) in [5.74, 6) is 2.07. The van der Waals surface area contributed by atoms with Crippen LogP contribution in [0.25, 0.3) is 16.8 Å². The Morgan fingerprint density at radius 3 is 2.72 bits per heavy atom. The molecule has 0 fully saturated rings. The van der Waals surface area contributed by atoms with E-state index >= 15 is 0 Å². The van der Waals surface area contributed by atoms with Crippen molar-refractivity contribution in [1.82, 2.24) is 29.1 Å². The van der Waals surface area contributed by atoms with Crippen LogP contribution in [0.1, 0.15) is 35.7 Å². The Morgan fingerprint density at radius 2 is 1.93 bits per heavy atom. The summed E-state index contributed by atoms with van der Waals surface area (Å²) < 4.78 is 3.83. The van der Waals surface area contributed by atoms with Gasteiger partial charge >= 0.3 is 0 Å². The molecule has 0 aliphatic heterocycles. The topological polar surface area (TPSA) is 84.7 Å². The summed E-state index contributed by atoms with van der Waals surface area (Å²) in [6.45, 7) is 2.14. The highest BCUT2D eigenvalue weighted by atomic mass is 15.3. The second-order valence-corrected chi connectivity index (χ2v) is 6.87. The van der Waals surface area contributed by atoms with Crippen LogP contribution in [0.5, 0.6) is 0 Å². The summed E-state index contributed by atoms with van der Waals surface area (Å²) >= 11 is 0. The zero-order valence-electron chi connectivity index (χ0n) is 15.8. The van der Waals surface area contributed by atoms with E-state index in [1.54, 1.807) is 16.8 Å². The van der Waals surface area contributed by atoms with Gasteiger partial charge in [0.1, 0.15) is 5.82 Å². The van der Waals surface area contributed by atoms with Gasteiger partial charge in [-0.15, -0.1) is 5.10 Å². The average Bonchev–Trinajstić information content (AvgIpc) is 3.33. The van der Waals surface area contributed by atoms with Crippen LogP contribution < -0.4 is 0 Å². The summed E-state index contributed by atoms with van der Waals surface area (Å²) in [6.07, 6.45) is 3.99. The van der Waals surface area contributed by atoms with Crippen LogP contribution in [0.15, 0.2) is 67.0 Å². The van der Waals surface area contributed by atoms with Gasteiger partial charge in [0, 0.05) is 12.4 Å². The Balaban J connectivity index is 1.66. The van der Waals surface area contributed by atoms with Gasteiger partial charge in [-0.25, -0.2) is 14.5 Å². The van der Waals surface area contributed by atoms with Crippen molar-refractivity contribution in [1.29, 1.82) is 5.26 Å². The highest BCUT2D eigenvalue weighted by molar-refractivity contribution is 5.78. The second-order valence-electron chi connectivity index (χ2n) is 6.87. The van der Waals surface area contributed by atoms with Gasteiger partial charge in [0.15, 0.2) is 5.82 Å². The van der Waals surface area contributed by atoms with Crippen molar-refractivity contribution in [2.24, 2.45) is 0 Å². The number of hydrogen-bond donors (Lipinski definition) is 0. The monoisotopic (exact) mass is 379 g/mol. The first kappa shape index (κ1) is 17.1. The van der Waals surface area contributed by atoms with Gasteiger partial charge in [-0.1, -0.05) is 30.3 Å². The number of imidazole rings is 1. The maximum absolute atomic E-state index is 9.36. The molecular formula is C22H17N7. The number of rotatable bonds is 4. The van der Waals surface area contributed by atoms with E-state index in [0.717, 1.165) is 16.9 Å². The Labute approximate surface area is 166 Å². The molecule has 1 atom stereocenters. The molecule has 0 unspecified atom stereocenters. The molecule has 0 aliphatic carbocycles. The largest absolute Gasteiger partial charge is 0.320 e. The van der Waals surface area contributed by atoms with Crippen molar-refractivity contribution in [3.05, 3.63) is 89.8 Å². The van der Waals surface area contributed by atoms with Crippen LogP contribution in [0.3, 0.4) is 0 Å². The fraction of sp³-hybridized carbons (Fsp3) is 0.136. The third-order valence-electron chi connectivity index (χ3n) is 5.04. The summed E-state index contributed by atoms with van der Waals surface area (Å²) in [5.41, 5.74) is 3.56. The van der Waals surface area contributed by atoms with E-state index in [0.29, 0.717) is 23.6 Å². The smallest absolute Gasteiger partial charge is 0.252 e. The minimum absolute atomic E-state index is 0.0419. The maximum Gasteiger partial charge on any atom is 0.252 e. The molecule has 0 N–H and O–H groups in total. The lowest BCUT2D eigenvalue weighted by atomic mass is 10.1. The van der Waals surface area contributed by atoms with Gasteiger partial charge in [0.2, 0.25) is 0 Å². The molecule has 0 aliphatic rings. The van der Waals surface area contributed by atoms with Crippen molar-refractivity contribution >= 4 is 16.8 Å². The first-order chi connectivity index (χ1) is 14.2. The Bertz CT molecular complexity index is 1330. The molecule has 0 spiro atoms. The van der Waals surface area contributed by atoms with Crippen molar-refractivity contribution in [3.63, 3.8) is 0 Å². The molecule has 3 heterocycles. The minimum atomic E-state index is 0.0419. The third kappa shape index (κ3) is 3.01. The zero-order chi connectivity index (χ0) is 19.8. The van der Waals surface area contributed by atoms with E-state index in [9.17, 15) is 5.26 Å². The molecule has 7 heteroatoms. The summed E-state index contributed by atoms with van der Waals surface area (Å²) in [6, 6.07) is 19.9. The van der Waals surface area contributed by atoms with E-state index in [1.807, 2.05) is 42.6 Å². The SMILES string of the molecule is C[C@@H](c1ccccc1)n1c(Cc2nc3ncccn3n2)nc2ccc(C#N)cc21. The van der Waals surface area contributed by atoms with Gasteiger partial charge in [-0.05, 0) is 36.8 Å². The minimum Gasteiger partial charge on any atom is -0.320 e. The lowest BCUT2D eigenvalue weighted by Gasteiger charge is -2.18. The fourth-order valence-electron chi connectivity index (χ4n) is 3.64. The van der Waals surface area contributed by atoms with Crippen LogP contribution >= 0.6 is 0 Å². The van der Waals surface area contributed by atoms with Crippen LogP contribution in [0.2, 0.25) is 0 Å². The molecule has 0 radical (unpaired) electrons. The molecule has 5 aromatic rings. The number of nitrogens with zero attached hydrogens (tertiary/aromatic N) is 7. The number of hydrogen-bond acceptors (Lipinski definition) is 5. The Hall–Kier alpha value is -4.05. The quantitative estimate of drug-likeness (QED) is 0.477. The van der Waals surface area contributed by atoms with E-state index in [2.05, 4.69) is 44.8 Å². The molecule has 0 saturated carbocycles.